The molecule has 0 saturated carbocycles. The summed E-state index contributed by atoms with van der Waals surface area (Å²) in [4.78, 5) is 7.79. The lowest BCUT2D eigenvalue weighted by Gasteiger charge is -2.24. The summed E-state index contributed by atoms with van der Waals surface area (Å²) in [6, 6.07) is 2.40. The molecule has 2 aromatic rings. The second-order valence-corrected chi connectivity index (χ2v) is 9.72. The lowest BCUT2D eigenvalue weighted by atomic mass is 10.1. The lowest BCUT2D eigenvalue weighted by Crippen LogP contribution is -2.31. The number of hydrogen-bond acceptors (Lipinski definition) is 6. The summed E-state index contributed by atoms with van der Waals surface area (Å²) in [6.07, 6.45) is 2.47. The molecule has 0 unspecified atom stereocenters. The Morgan fingerprint density at radius 1 is 1.39 bits per heavy atom. The third-order valence-corrected chi connectivity index (χ3v) is 7.46. The molecule has 28 heavy (non-hydrogen) atoms. The van der Waals surface area contributed by atoms with E-state index in [1.54, 1.807) is 5.38 Å². The molecule has 1 saturated heterocycles. The van der Waals surface area contributed by atoms with Gasteiger partial charge in [-0.15, -0.1) is 11.3 Å². The Bertz CT molecular complexity index is 905. The Morgan fingerprint density at radius 3 is 2.79 bits per heavy atom. The van der Waals surface area contributed by atoms with Crippen LogP contribution < -0.4 is 9.62 Å². The number of anilines is 2. The molecule has 0 radical (unpaired) electrons. The number of thiazole rings is 1. The maximum Gasteiger partial charge on any atom is 0.266 e. The fourth-order valence-corrected chi connectivity index (χ4v) is 5.68. The molecule has 6 nitrogen and oxygen atoms in total. The third kappa shape index (κ3) is 4.76. The Kier molecular flexibility index (Phi) is 6.80. The van der Waals surface area contributed by atoms with Gasteiger partial charge >= 0.3 is 0 Å². The molecule has 1 aromatic carbocycles. The number of nitrogens with zero attached hydrogens (tertiary/aromatic N) is 3. The number of aromatic nitrogens is 1. The van der Waals surface area contributed by atoms with Crippen molar-refractivity contribution in [2.75, 3.05) is 42.3 Å². The van der Waals surface area contributed by atoms with Crippen molar-refractivity contribution in [3.63, 3.8) is 0 Å². The molecule has 2 heterocycles. The first-order valence-corrected chi connectivity index (χ1v) is 12.0. The minimum atomic E-state index is -4.10. The highest BCUT2D eigenvalue weighted by Crippen LogP contribution is 2.34. The van der Waals surface area contributed by atoms with Crippen molar-refractivity contribution in [1.29, 1.82) is 0 Å². The zero-order valence-electron chi connectivity index (χ0n) is 15.9. The second kappa shape index (κ2) is 8.94. The van der Waals surface area contributed by atoms with Crippen LogP contribution in [0.15, 0.2) is 28.6 Å². The van der Waals surface area contributed by atoms with Crippen LogP contribution in [0.2, 0.25) is 5.02 Å². The number of sulfonamides is 1. The fourth-order valence-electron chi connectivity index (χ4n) is 3.46. The number of benzene rings is 1. The van der Waals surface area contributed by atoms with Gasteiger partial charge in [0.1, 0.15) is 10.7 Å². The molecule has 1 aromatic heterocycles. The maximum atomic E-state index is 14.7. The minimum Gasteiger partial charge on any atom is -0.370 e. The monoisotopic (exact) mass is 446 g/mol. The van der Waals surface area contributed by atoms with Crippen LogP contribution in [0.4, 0.5) is 15.2 Å². The van der Waals surface area contributed by atoms with E-state index < -0.39 is 20.7 Å². The van der Waals surface area contributed by atoms with Crippen LogP contribution in [0.3, 0.4) is 0 Å². The van der Waals surface area contributed by atoms with Gasteiger partial charge in [-0.05, 0) is 31.5 Å². The molecule has 1 fully saturated rings. The molecule has 0 spiro atoms. The molecule has 0 aliphatic carbocycles. The summed E-state index contributed by atoms with van der Waals surface area (Å²) in [7, 11) is -4.10. The van der Waals surface area contributed by atoms with Gasteiger partial charge in [-0.2, -0.15) is 0 Å². The number of rotatable bonds is 8. The summed E-state index contributed by atoms with van der Waals surface area (Å²) in [6.45, 7) is 8.83. The lowest BCUT2D eigenvalue weighted by molar-refractivity contribution is 0.261. The highest BCUT2D eigenvalue weighted by atomic mass is 35.5. The standard InChI is InChI=1S/C18H24ClFN4O2S2/c1-3-23(4-2)11-13-5-7-24(12-13)16-10-15(20)17(9-14(16)19)28(25,26)22-18-21-6-8-27-18/h6,8-10,13H,3-5,7,11-12H2,1-2H3,(H,21,22)/t13-/m0/s1. The first-order chi connectivity index (χ1) is 13.3. The van der Waals surface area contributed by atoms with Crippen molar-refractivity contribution in [3.8, 4) is 0 Å². The van der Waals surface area contributed by atoms with Crippen molar-refractivity contribution >= 4 is 43.8 Å². The van der Waals surface area contributed by atoms with Crippen LogP contribution in [0.25, 0.3) is 0 Å². The molecule has 1 aliphatic heterocycles. The molecule has 154 valence electrons. The molecular formula is C18H24ClFN4O2S2. The highest BCUT2D eigenvalue weighted by molar-refractivity contribution is 7.93. The van der Waals surface area contributed by atoms with Crippen molar-refractivity contribution in [3.05, 3.63) is 34.5 Å². The largest absolute Gasteiger partial charge is 0.370 e. The van der Waals surface area contributed by atoms with E-state index in [0.29, 0.717) is 11.6 Å². The average molecular weight is 447 g/mol. The van der Waals surface area contributed by atoms with Crippen LogP contribution >= 0.6 is 22.9 Å². The van der Waals surface area contributed by atoms with Gasteiger partial charge in [-0.3, -0.25) is 4.72 Å². The third-order valence-electron chi connectivity index (χ3n) is 4.98. The van der Waals surface area contributed by atoms with Crippen molar-refractivity contribution in [2.24, 2.45) is 5.92 Å². The van der Waals surface area contributed by atoms with Gasteiger partial charge in [0.15, 0.2) is 5.13 Å². The van der Waals surface area contributed by atoms with Crippen molar-refractivity contribution < 1.29 is 12.8 Å². The zero-order chi connectivity index (χ0) is 20.3. The van der Waals surface area contributed by atoms with E-state index in [1.165, 1.54) is 18.3 Å². The summed E-state index contributed by atoms with van der Waals surface area (Å²) in [5, 5.41) is 2.04. The van der Waals surface area contributed by atoms with Gasteiger partial charge in [0.2, 0.25) is 0 Å². The summed E-state index contributed by atoms with van der Waals surface area (Å²) in [5.74, 6) is -0.343. The molecular weight excluding hydrogens is 423 g/mol. The number of hydrogen-bond donors (Lipinski definition) is 1. The van der Waals surface area contributed by atoms with Crippen LogP contribution in [-0.2, 0) is 10.0 Å². The van der Waals surface area contributed by atoms with Crippen LogP contribution in [-0.4, -0.2) is 51.0 Å². The van der Waals surface area contributed by atoms with E-state index >= 15 is 0 Å². The van der Waals surface area contributed by atoms with Crippen LogP contribution in [0.5, 0.6) is 0 Å². The molecule has 3 rings (SSSR count). The highest BCUT2D eigenvalue weighted by Gasteiger charge is 2.28. The predicted octanol–water partition coefficient (Wildman–Crippen LogP) is 3.90. The Morgan fingerprint density at radius 2 is 2.14 bits per heavy atom. The number of halogens is 2. The van der Waals surface area contributed by atoms with Crippen molar-refractivity contribution in [1.82, 2.24) is 9.88 Å². The summed E-state index contributed by atoms with van der Waals surface area (Å²) < 4.78 is 41.9. The fraction of sp³-hybridized carbons (Fsp3) is 0.500. The quantitative estimate of drug-likeness (QED) is 0.666. The topological polar surface area (TPSA) is 65.5 Å². The summed E-state index contributed by atoms with van der Waals surface area (Å²) >= 11 is 7.47. The van der Waals surface area contributed by atoms with Crippen LogP contribution in [0, 0.1) is 11.7 Å². The SMILES string of the molecule is CCN(CC)C[C@@H]1CCN(c2cc(F)c(S(=O)(=O)Nc3nccs3)cc2Cl)C1. The second-order valence-electron chi connectivity index (χ2n) is 6.76. The number of nitrogens with one attached hydrogen (secondary N) is 1. The Balaban J connectivity index is 1.77. The van der Waals surface area contributed by atoms with Gasteiger partial charge in [0.25, 0.3) is 10.0 Å². The van der Waals surface area contributed by atoms with Gasteiger partial charge < -0.3 is 9.80 Å². The van der Waals surface area contributed by atoms with Gasteiger partial charge in [-0.1, -0.05) is 25.4 Å². The van der Waals surface area contributed by atoms with Gasteiger partial charge in [-0.25, -0.2) is 17.8 Å². The Labute approximate surface area is 174 Å². The van der Waals surface area contributed by atoms with Crippen molar-refractivity contribution in [2.45, 2.75) is 25.2 Å². The van der Waals surface area contributed by atoms with E-state index in [-0.39, 0.29) is 10.2 Å². The van der Waals surface area contributed by atoms with E-state index in [4.69, 9.17) is 11.6 Å². The van der Waals surface area contributed by atoms with E-state index in [1.807, 2.05) is 4.90 Å². The normalized spacial score (nSPS) is 17.5. The smallest absolute Gasteiger partial charge is 0.266 e. The van der Waals surface area contributed by atoms with E-state index in [0.717, 1.165) is 50.5 Å². The first kappa shape index (κ1) is 21.3. The van der Waals surface area contributed by atoms with E-state index in [9.17, 15) is 12.8 Å². The minimum absolute atomic E-state index is 0.179. The van der Waals surface area contributed by atoms with Gasteiger partial charge in [0.05, 0.1) is 10.7 Å². The molecule has 1 N–H and O–H groups in total. The average Bonchev–Trinajstić information content (AvgIpc) is 3.32. The summed E-state index contributed by atoms with van der Waals surface area (Å²) in [5.41, 5.74) is 0.536. The maximum absolute atomic E-state index is 14.7. The molecule has 0 amide bonds. The molecule has 1 atom stereocenters. The van der Waals surface area contributed by atoms with Gasteiger partial charge in [0, 0.05) is 37.3 Å². The predicted molar refractivity (Wildman–Crippen MR) is 112 cm³/mol. The van der Waals surface area contributed by atoms with E-state index in [2.05, 4.69) is 28.5 Å². The van der Waals surface area contributed by atoms with Crippen LogP contribution in [0.1, 0.15) is 20.3 Å². The molecule has 1 aliphatic rings. The first-order valence-electron chi connectivity index (χ1n) is 9.22. The Hall–Kier alpha value is -1.42. The zero-order valence-corrected chi connectivity index (χ0v) is 18.2. The molecule has 10 heteroatoms. The molecule has 0 bridgehead atoms.